The zero-order chi connectivity index (χ0) is 20.2. The Labute approximate surface area is 169 Å². The van der Waals surface area contributed by atoms with Gasteiger partial charge in [-0.25, -0.2) is 0 Å². The molecule has 4 rings (SSSR count). The number of ether oxygens (including phenoxy) is 2. The number of hydrogen-bond acceptors (Lipinski definition) is 4. The van der Waals surface area contributed by atoms with E-state index >= 15 is 0 Å². The van der Waals surface area contributed by atoms with Gasteiger partial charge in [-0.2, -0.15) is 0 Å². The third-order valence-electron chi connectivity index (χ3n) is 4.73. The highest BCUT2D eigenvalue weighted by Gasteiger charge is 2.15. The fourth-order valence-electron chi connectivity index (χ4n) is 3.52. The molecule has 0 aliphatic carbocycles. The van der Waals surface area contributed by atoms with Gasteiger partial charge in [-0.15, -0.1) is 0 Å². The number of carbonyl (C=O) groups is 1. The third kappa shape index (κ3) is 3.90. The zero-order valence-electron chi connectivity index (χ0n) is 16.5. The minimum atomic E-state index is -0.143. The number of rotatable bonds is 7. The molecule has 0 unspecified atom stereocenters. The number of amides is 1. The van der Waals surface area contributed by atoms with E-state index in [4.69, 9.17) is 13.9 Å². The van der Waals surface area contributed by atoms with Crippen molar-refractivity contribution in [1.29, 1.82) is 0 Å². The summed E-state index contributed by atoms with van der Waals surface area (Å²) in [7, 11) is 0. The highest BCUT2D eigenvalue weighted by atomic mass is 16.5. The van der Waals surface area contributed by atoms with E-state index in [1.807, 2.05) is 56.3 Å². The maximum Gasteiger partial charge on any atom is 0.229 e. The molecular formula is C24H23NO4. The Morgan fingerprint density at radius 2 is 1.83 bits per heavy atom. The van der Waals surface area contributed by atoms with Crippen LogP contribution in [0.4, 0.5) is 5.69 Å². The molecule has 0 aliphatic heterocycles. The lowest BCUT2D eigenvalue weighted by Gasteiger charge is -2.13. The molecule has 1 amide bonds. The Balaban J connectivity index is 1.62. The predicted octanol–water partition coefficient (Wildman–Crippen LogP) is 5.56. The number of hydrogen-bond donors (Lipinski definition) is 1. The summed E-state index contributed by atoms with van der Waals surface area (Å²) in [5.74, 6) is 1.16. The van der Waals surface area contributed by atoms with Crippen molar-refractivity contribution in [1.82, 2.24) is 0 Å². The molecule has 1 N–H and O–H groups in total. The molecule has 1 heterocycles. The molecule has 0 atom stereocenters. The molecule has 0 saturated heterocycles. The van der Waals surface area contributed by atoms with Crippen LogP contribution in [-0.2, 0) is 11.2 Å². The fraction of sp³-hybridized carbons (Fsp3) is 0.208. The van der Waals surface area contributed by atoms with Crippen LogP contribution in [0.1, 0.15) is 19.4 Å². The Kier molecular flexibility index (Phi) is 5.38. The minimum absolute atomic E-state index is 0.143. The van der Waals surface area contributed by atoms with Gasteiger partial charge in [-0.05, 0) is 42.8 Å². The molecule has 5 nitrogen and oxygen atoms in total. The van der Waals surface area contributed by atoms with Crippen molar-refractivity contribution >= 4 is 33.3 Å². The predicted molar refractivity (Wildman–Crippen MR) is 115 cm³/mol. The van der Waals surface area contributed by atoms with Crippen LogP contribution in [0.5, 0.6) is 11.5 Å². The Bertz CT molecular complexity index is 1160. The van der Waals surface area contributed by atoms with Crippen LogP contribution in [0.2, 0.25) is 0 Å². The number of furan rings is 1. The smallest absolute Gasteiger partial charge is 0.229 e. The third-order valence-corrected chi connectivity index (χ3v) is 4.73. The number of carbonyl (C=O) groups excluding carboxylic acids is 1. The molecule has 5 heteroatoms. The average molecular weight is 389 g/mol. The minimum Gasteiger partial charge on any atom is -0.494 e. The van der Waals surface area contributed by atoms with Crippen molar-refractivity contribution in [2.75, 3.05) is 18.5 Å². The van der Waals surface area contributed by atoms with Gasteiger partial charge in [0.15, 0.2) is 0 Å². The van der Waals surface area contributed by atoms with Gasteiger partial charge in [0.25, 0.3) is 0 Å². The van der Waals surface area contributed by atoms with E-state index in [9.17, 15) is 4.79 Å². The van der Waals surface area contributed by atoms with Gasteiger partial charge in [-0.3, -0.25) is 4.79 Å². The normalized spacial score (nSPS) is 11.0. The Morgan fingerprint density at radius 3 is 2.66 bits per heavy atom. The second-order valence-corrected chi connectivity index (χ2v) is 6.67. The van der Waals surface area contributed by atoms with Gasteiger partial charge < -0.3 is 19.2 Å². The molecule has 0 bridgehead atoms. The van der Waals surface area contributed by atoms with E-state index in [2.05, 4.69) is 11.4 Å². The second-order valence-electron chi connectivity index (χ2n) is 6.67. The molecular weight excluding hydrogens is 366 g/mol. The number of fused-ring (bicyclic) bond motifs is 3. The summed E-state index contributed by atoms with van der Waals surface area (Å²) in [6.07, 6.45) is 1.86. The first kappa shape index (κ1) is 18.9. The van der Waals surface area contributed by atoms with Crippen molar-refractivity contribution in [3.8, 4) is 11.5 Å². The first-order valence-corrected chi connectivity index (χ1v) is 9.77. The maximum absolute atomic E-state index is 12.8. The highest BCUT2D eigenvalue weighted by molar-refractivity contribution is 6.09. The summed E-state index contributed by atoms with van der Waals surface area (Å²) >= 11 is 0. The van der Waals surface area contributed by atoms with Crippen LogP contribution in [0.15, 0.2) is 65.3 Å². The molecule has 0 fully saturated rings. The highest BCUT2D eigenvalue weighted by Crippen LogP contribution is 2.32. The SMILES string of the molecule is CCOc1ccc(OCC)c(NC(=O)Cc2coc3ccc4ccccc4c23)c1. The maximum atomic E-state index is 12.8. The molecule has 148 valence electrons. The van der Waals surface area contributed by atoms with Gasteiger partial charge in [0.05, 0.1) is 31.6 Å². The topological polar surface area (TPSA) is 60.7 Å². The van der Waals surface area contributed by atoms with Gasteiger partial charge in [0, 0.05) is 17.0 Å². The van der Waals surface area contributed by atoms with E-state index in [0.29, 0.717) is 30.4 Å². The first-order valence-electron chi connectivity index (χ1n) is 9.77. The van der Waals surface area contributed by atoms with Crippen LogP contribution in [-0.4, -0.2) is 19.1 Å². The summed E-state index contributed by atoms with van der Waals surface area (Å²) in [6, 6.07) is 17.5. The summed E-state index contributed by atoms with van der Waals surface area (Å²) in [4.78, 5) is 12.8. The van der Waals surface area contributed by atoms with E-state index in [-0.39, 0.29) is 12.3 Å². The molecule has 4 aromatic rings. The lowest BCUT2D eigenvalue weighted by atomic mass is 10.0. The van der Waals surface area contributed by atoms with Crippen molar-refractivity contribution in [3.63, 3.8) is 0 Å². The average Bonchev–Trinajstić information content (AvgIpc) is 3.13. The van der Waals surface area contributed by atoms with Gasteiger partial charge in [0.1, 0.15) is 17.1 Å². The molecule has 0 radical (unpaired) electrons. The zero-order valence-corrected chi connectivity index (χ0v) is 16.5. The van der Waals surface area contributed by atoms with E-state index in [0.717, 1.165) is 27.3 Å². The van der Waals surface area contributed by atoms with Crippen LogP contribution in [0.3, 0.4) is 0 Å². The first-order chi connectivity index (χ1) is 14.2. The lowest BCUT2D eigenvalue weighted by Crippen LogP contribution is -2.15. The van der Waals surface area contributed by atoms with Crippen LogP contribution in [0, 0.1) is 0 Å². The van der Waals surface area contributed by atoms with E-state index in [1.165, 1.54) is 0 Å². The van der Waals surface area contributed by atoms with Crippen molar-refractivity contribution in [3.05, 3.63) is 66.4 Å². The number of benzene rings is 3. The van der Waals surface area contributed by atoms with Gasteiger partial charge in [-0.1, -0.05) is 30.3 Å². The van der Waals surface area contributed by atoms with E-state index in [1.54, 1.807) is 12.3 Å². The van der Waals surface area contributed by atoms with Crippen molar-refractivity contribution < 1.29 is 18.7 Å². The van der Waals surface area contributed by atoms with E-state index < -0.39 is 0 Å². The van der Waals surface area contributed by atoms with Crippen LogP contribution in [0.25, 0.3) is 21.7 Å². The molecule has 0 spiro atoms. The molecule has 1 aromatic heterocycles. The van der Waals surface area contributed by atoms with Crippen molar-refractivity contribution in [2.24, 2.45) is 0 Å². The van der Waals surface area contributed by atoms with Crippen LogP contribution < -0.4 is 14.8 Å². The monoisotopic (exact) mass is 389 g/mol. The summed E-state index contributed by atoms with van der Waals surface area (Å²) in [5.41, 5.74) is 2.23. The molecule has 0 saturated carbocycles. The molecule has 0 aliphatic rings. The van der Waals surface area contributed by atoms with Crippen molar-refractivity contribution in [2.45, 2.75) is 20.3 Å². The summed E-state index contributed by atoms with van der Waals surface area (Å²) in [5, 5.41) is 6.13. The van der Waals surface area contributed by atoms with Gasteiger partial charge in [0.2, 0.25) is 5.91 Å². The number of anilines is 1. The quantitative estimate of drug-likeness (QED) is 0.449. The van der Waals surface area contributed by atoms with Gasteiger partial charge >= 0.3 is 0 Å². The largest absolute Gasteiger partial charge is 0.494 e. The molecule has 29 heavy (non-hydrogen) atoms. The lowest BCUT2D eigenvalue weighted by molar-refractivity contribution is -0.115. The summed E-state index contributed by atoms with van der Waals surface area (Å²) < 4.78 is 16.9. The molecule has 3 aromatic carbocycles. The standard InChI is InChI=1S/C24H23NO4/c1-3-27-18-10-12-21(28-4-2)20(14-18)25-23(26)13-17-15-29-22-11-9-16-7-5-6-8-19(16)24(17)22/h5-12,14-15H,3-4,13H2,1-2H3,(H,25,26). The van der Waals surface area contributed by atoms with Crippen LogP contribution >= 0.6 is 0 Å². The number of nitrogens with one attached hydrogen (secondary N) is 1. The Hall–Kier alpha value is -3.47. The fourth-order valence-corrected chi connectivity index (χ4v) is 3.52. The summed E-state index contributed by atoms with van der Waals surface area (Å²) in [6.45, 7) is 4.89. The second kappa shape index (κ2) is 8.27. The Morgan fingerprint density at radius 1 is 1.00 bits per heavy atom.